The van der Waals surface area contributed by atoms with Crippen molar-refractivity contribution in [3.05, 3.63) is 47.6 Å². The van der Waals surface area contributed by atoms with E-state index in [4.69, 9.17) is 0 Å². The molecular weight excluding hydrogens is 320 g/mol. The van der Waals surface area contributed by atoms with Crippen LogP contribution in [0.3, 0.4) is 0 Å². The van der Waals surface area contributed by atoms with Crippen LogP contribution < -0.4 is 4.72 Å². The van der Waals surface area contributed by atoms with Crippen LogP contribution in [0.5, 0.6) is 0 Å². The molecule has 0 spiro atoms. The van der Waals surface area contributed by atoms with Gasteiger partial charge in [0.1, 0.15) is 27.7 Å². The minimum absolute atomic E-state index is 0.0184. The minimum atomic E-state index is -4.29. The molecule has 0 aliphatic heterocycles. The summed E-state index contributed by atoms with van der Waals surface area (Å²) in [6.45, 7) is 0. The van der Waals surface area contributed by atoms with Gasteiger partial charge in [-0.25, -0.2) is 27.2 Å². The van der Waals surface area contributed by atoms with E-state index in [2.05, 4.69) is 14.7 Å². The van der Waals surface area contributed by atoms with E-state index in [0.29, 0.717) is 16.3 Å². The van der Waals surface area contributed by atoms with E-state index in [1.54, 1.807) is 11.4 Å². The Morgan fingerprint density at radius 2 is 1.95 bits per heavy atom. The molecule has 0 bridgehead atoms. The van der Waals surface area contributed by atoms with Gasteiger partial charge in [-0.15, -0.1) is 11.3 Å². The second-order valence-corrected chi connectivity index (χ2v) is 6.59. The minimum Gasteiger partial charge on any atom is -0.263 e. The quantitative estimate of drug-likeness (QED) is 0.803. The second-order valence-electron chi connectivity index (χ2n) is 4.04. The largest absolute Gasteiger partial charge is 0.266 e. The molecule has 0 unspecified atom stereocenters. The Balaban J connectivity index is 2.08. The monoisotopic (exact) mass is 327 g/mol. The summed E-state index contributed by atoms with van der Waals surface area (Å²) in [5.41, 5.74) is 0. The van der Waals surface area contributed by atoms with Gasteiger partial charge in [-0.05, 0) is 29.6 Å². The molecule has 3 aromatic rings. The fourth-order valence-corrected chi connectivity index (χ4v) is 3.59. The van der Waals surface area contributed by atoms with E-state index in [1.807, 2.05) is 0 Å². The maximum Gasteiger partial charge on any atom is 0.266 e. The van der Waals surface area contributed by atoms with Crippen LogP contribution in [0.2, 0.25) is 0 Å². The average Bonchev–Trinajstić information content (AvgIpc) is 2.90. The number of nitrogens with one attached hydrogen (secondary N) is 1. The van der Waals surface area contributed by atoms with Gasteiger partial charge in [-0.2, -0.15) is 0 Å². The fraction of sp³-hybridized carbons (Fsp3) is 0. The van der Waals surface area contributed by atoms with Crippen LogP contribution in [0.4, 0.5) is 14.6 Å². The van der Waals surface area contributed by atoms with E-state index in [1.165, 1.54) is 17.7 Å². The van der Waals surface area contributed by atoms with Crippen LogP contribution >= 0.6 is 11.3 Å². The van der Waals surface area contributed by atoms with Crippen LogP contribution in [-0.4, -0.2) is 18.4 Å². The Morgan fingerprint density at radius 1 is 1.14 bits per heavy atom. The molecule has 0 aliphatic rings. The molecule has 0 saturated carbocycles. The van der Waals surface area contributed by atoms with Crippen LogP contribution in [0, 0.1) is 11.6 Å². The predicted octanol–water partition coefficient (Wildman–Crippen LogP) is 2.77. The third-order valence-corrected chi connectivity index (χ3v) is 4.85. The van der Waals surface area contributed by atoms with Crippen molar-refractivity contribution in [1.29, 1.82) is 0 Å². The van der Waals surface area contributed by atoms with E-state index in [9.17, 15) is 17.2 Å². The van der Waals surface area contributed by atoms with E-state index >= 15 is 0 Å². The first-order chi connectivity index (χ1) is 9.97. The third kappa shape index (κ3) is 2.57. The zero-order valence-electron chi connectivity index (χ0n) is 10.2. The Morgan fingerprint density at radius 3 is 2.76 bits per heavy atom. The summed E-state index contributed by atoms with van der Waals surface area (Å²) in [6.07, 6.45) is 1.19. The van der Waals surface area contributed by atoms with Crippen LogP contribution in [0.1, 0.15) is 0 Å². The number of benzene rings is 1. The number of halogens is 2. The number of nitrogens with zero attached hydrogens (tertiary/aromatic N) is 2. The third-order valence-electron chi connectivity index (χ3n) is 2.68. The summed E-state index contributed by atoms with van der Waals surface area (Å²) in [4.78, 5) is 7.62. The second kappa shape index (κ2) is 5.01. The van der Waals surface area contributed by atoms with Gasteiger partial charge in [-0.1, -0.05) is 0 Å². The molecule has 2 aromatic heterocycles. The molecular formula is C12H7F2N3O2S2. The SMILES string of the molecule is O=S(=O)(Nc1ncnc2sccc12)c1cc(F)ccc1F. The molecule has 0 fully saturated rings. The van der Waals surface area contributed by atoms with Gasteiger partial charge >= 0.3 is 0 Å². The number of aromatic nitrogens is 2. The van der Waals surface area contributed by atoms with Crippen molar-refractivity contribution in [2.24, 2.45) is 0 Å². The first kappa shape index (κ1) is 13.8. The fourth-order valence-electron chi connectivity index (χ4n) is 1.74. The van der Waals surface area contributed by atoms with Gasteiger partial charge in [0.2, 0.25) is 0 Å². The predicted molar refractivity (Wildman–Crippen MR) is 74.6 cm³/mol. The van der Waals surface area contributed by atoms with Crippen molar-refractivity contribution in [3.63, 3.8) is 0 Å². The average molecular weight is 327 g/mol. The number of hydrogen-bond acceptors (Lipinski definition) is 5. The van der Waals surface area contributed by atoms with Gasteiger partial charge in [-0.3, -0.25) is 4.72 Å². The first-order valence-corrected chi connectivity index (χ1v) is 8.00. The summed E-state index contributed by atoms with van der Waals surface area (Å²) in [5.74, 6) is -1.87. The number of rotatable bonds is 3. The Bertz CT molecular complexity index is 925. The summed E-state index contributed by atoms with van der Waals surface area (Å²) >= 11 is 1.31. The summed E-state index contributed by atoms with van der Waals surface area (Å²) in [5, 5.41) is 2.21. The molecule has 0 atom stereocenters. The lowest BCUT2D eigenvalue weighted by molar-refractivity contribution is 0.555. The number of fused-ring (bicyclic) bond motifs is 1. The molecule has 2 heterocycles. The van der Waals surface area contributed by atoms with E-state index in [0.717, 1.165) is 12.1 Å². The lowest BCUT2D eigenvalue weighted by atomic mass is 10.3. The van der Waals surface area contributed by atoms with Crippen molar-refractivity contribution in [2.75, 3.05) is 4.72 Å². The molecule has 0 saturated heterocycles. The number of anilines is 1. The molecule has 3 rings (SSSR count). The normalized spacial score (nSPS) is 11.7. The molecule has 108 valence electrons. The van der Waals surface area contributed by atoms with Gasteiger partial charge < -0.3 is 0 Å². The maximum absolute atomic E-state index is 13.6. The van der Waals surface area contributed by atoms with Crippen molar-refractivity contribution in [3.8, 4) is 0 Å². The van der Waals surface area contributed by atoms with Crippen LogP contribution in [0.25, 0.3) is 10.2 Å². The van der Waals surface area contributed by atoms with Crippen molar-refractivity contribution < 1.29 is 17.2 Å². The number of sulfonamides is 1. The first-order valence-electron chi connectivity index (χ1n) is 5.63. The summed E-state index contributed by atoms with van der Waals surface area (Å²) in [7, 11) is -4.29. The molecule has 9 heteroatoms. The number of thiophene rings is 1. The molecule has 0 radical (unpaired) electrons. The zero-order chi connectivity index (χ0) is 15.0. The van der Waals surface area contributed by atoms with Gasteiger partial charge in [0.25, 0.3) is 10.0 Å². The van der Waals surface area contributed by atoms with Crippen molar-refractivity contribution in [1.82, 2.24) is 9.97 Å². The maximum atomic E-state index is 13.6. The highest BCUT2D eigenvalue weighted by Crippen LogP contribution is 2.26. The lowest BCUT2D eigenvalue weighted by Crippen LogP contribution is -2.16. The molecule has 0 amide bonds. The number of hydrogen-bond donors (Lipinski definition) is 1. The molecule has 5 nitrogen and oxygen atoms in total. The highest BCUT2D eigenvalue weighted by Gasteiger charge is 2.21. The van der Waals surface area contributed by atoms with Crippen LogP contribution in [-0.2, 0) is 10.0 Å². The Labute approximate surface area is 122 Å². The standard InChI is InChI=1S/C12H7F2N3O2S2/c13-7-1-2-9(14)10(5-7)21(18,19)17-11-8-3-4-20-12(8)16-6-15-11/h1-6H,(H,15,16,17). The molecule has 21 heavy (non-hydrogen) atoms. The molecule has 1 aromatic carbocycles. The highest BCUT2D eigenvalue weighted by molar-refractivity contribution is 7.92. The van der Waals surface area contributed by atoms with Gasteiger partial charge in [0, 0.05) is 0 Å². The highest BCUT2D eigenvalue weighted by atomic mass is 32.2. The van der Waals surface area contributed by atoms with Crippen LogP contribution in [0.15, 0.2) is 40.9 Å². The van der Waals surface area contributed by atoms with Crippen molar-refractivity contribution in [2.45, 2.75) is 4.90 Å². The van der Waals surface area contributed by atoms with Crippen molar-refractivity contribution >= 4 is 37.4 Å². The van der Waals surface area contributed by atoms with E-state index < -0.39 is 26.6 Å². The topological polar surface area (TPSA) is 72.0 Å². The lowest BCUT2D eigenvalue weighted by Gasteiger charge is -2.08. The molecule has 0 aliphatic carbocycles. The van der Waals surface area contributed by atoms with E-state index in [-0.39, 0.29) is 5.82 Å². The summed E-state index contributed by atoms with van der Waals surface area (Å²) in [6, 6.07) is 3.85. The van der Waals surface area contributed by atoms with Gasteiger partial charge in [0.15, 0.2) is 5.82 Å². The smallest absolute Gasteiger partial charge is 0.263 e. The Hall–Kier alpha value is -2.13. The van der Waals surface area contributed by atoms with Gasteiger partial charge in [0.05, 0.1) is 5.39 Å². The zero-order valence-corrected chi connectivity index (χ0v) is 11.9. The Kier molecular flexibility index (Phi) is 3.30. The summed E-state index contributed by atoms with van der Waals surface area (Å²) < 4.78 is 53.2. The molecule has 1 N–H and O–H groups in total.